The number of rotatable bonds is 4. The van der Waals surface area contributed by atoms with Crippen molar-refractivity contribution < 1.29 is 4.79 Å². The molecule has 24 heavy (non-hydrogen) atoms. The van der Waals surface area contributed by atoms with E-state index in [1.807, 2.05) is 32.0 Å². The minimum atomic E-state index is -0.730. The van der Waals surface area contributed by atoms with Crippen LogP contribution in [-0.2, 0) is 10.3 Å². The molecule has 3 unspecified atom stereocenters. The lowest BCUT2D eigenvalue weighted by Crippen LogP contribution is -2.44. The van der Waals surface area contributed by atoms with Crippen molar-refractivity contribution in [1.29, 1.82) is 0 Å². The van der Waals surface area contributed by atoms with Gasteiger partial charge in [-0.15, -0.1) is 0 Å². The summed E-state index contributed by atoms with van der Waals surface area (Å²) < 4.78 is 0. The van der Waals surface area contributed by atoms with E-state index < -0.39 is 5.54 Å². The molecule has 0 spiro atoms. The van der Waals surface area contributed by atoms with Crippen LogP contribution < -0.4 is 10.9 Å². The Morgan fingerprint density at radius 2 is 1.92 bits per heavy atom. The molecule has 5 nitrogen and oxygen atoms in total. The van der Waals surface area contributed by atoms with Gasteiger partial charge < -0.3 is 10.3 Å². The lowest BCUT2D eigenvalue weighted by atomic mass is 10.0. The van der Waals surface area contributed by atoms with Crippen LogP contribution in [0.25, 0.3) is 0 Å². The Hall–Kier alpha value is -2.43. The van der Waals surface area contributed by atoms with Gasteiger partial charge in [0.15, 0.2) is 0 Å². The number of benzene rings is 1. The predicted molar refractivity (Wildman–Crippen MR) is 92.6 cm³/mol. The molecule has 2 N–H and O–H groups in total. The van der Waals surface area contributed by atoms with Gasteiger partial charge in [-0.25, -0.2) is 4.98 Å². The third-order valence-electron chi connectivity index (χ3n) is 4.76. The maximum Gasteiger partial charge on any atom is 0.251 e. The number of hydrogen-bond acceptors (Lipinski definition) is 3. The molecule has 2 aromatic rings. The van der Waals surface area contributed by atoms with Crippen LogP contribution in [-0.4, -0.2) is 15.9 Å². The molecule has 1 fully saturated rings. The topological polar surface area (TPSA) is 74.8 Å². The van der Waals surface area contributed by atoms with Crippen LogP contribution in [0.3, 0.4) is 0 Å². The van der Waals surface area contributed by atoms with E-state index in [4.69, 9.17) is 0 Å². The number of nitrogens with one attached hydrogen (secondary N) is 2. The zero-order chi connectivity index (χ0) is 17.5. The zero-order valence-electron chi connectivity index (χ0n) is 14.5. The van der Waals surface area contributed by atoms with Crippen LogP contribution >= 0.6 is 0 Å². The largest absolute Gasteiger partial charge is 0.344 e. The summed E-state index contributed by atoms with van der Waals surface area (Å²) in [6, 6.07) is 11.6. The van der Waals surface area contributed by atoms with Gasteiger partial charge in [-0.2, -0.15) is 0 Å². The molecule has 0 radical (unpaired) electrons. The molecule has 1 aromatic carbocycles. The van der Waals surface area contributed by atoms with E-state index in [9.17, 15) is 9.59 Å². The third-order valence-corrected chi connectivity index (χ3v) is 4.76. The summed E-state index contributed by atoms with van der Waals surface area (Å²) in [6.07, 6.45) is 0. The second-order valence-electron chi connectivity index (χ2n) is 7.17. The Morgan fingerprint density at radius 1 is 1.25 bits per heavy atom. The second-order valence-corrected chi connectivity index (χ2v) is 7.17. The molecular weight excluding hydrogens is 302 g/mol. The number of aryl methyl sites for hydroxylation is 1. The van der Waals surface area contributed by atoms with Crippen molar-refractivity contribution in [3.63, 3.8) is 0 Å². The normalized spacial score (nSPS) is 22.9. The van der Waals surface area contributed by atoms with Gasteiger partial charge in [0.05, 0.1) is 5.54 Å². The highest BCUT2D eigenvalue weighted by molar-refractivity contribution is 5.84. The summed E-state index contributed by atoms with van der Waals surface area (Å²) in [4.78, 5) is 31.5. The van der Waals surface area contributed by atoms with Crippen molar-refractivity contribution in [2.45, 2.75) is 39.2 Å². The second kappa shape index (κ2) is 5.89. The predicted octanol–water partition coefficient (Wildman–Crippen LogP) is 2.48. The van der Waals surface area contributed by atoms with Gasteiger partial charge in [0, 0.05) is 17.7 Å². The first-order chi connectivity index (χ1) is 11.3. The average molecular weight is 325 g/mol. The monoisotopic (exact) mass is 325 g/mol. The highest BCUT2D eigenvalue weighted by Gasteiger charge is 2.53. The Balaban J connectivity index is 1.76. The first-order valence-corrected chi connectivity index (χ1v) is 8.25. The number of aromatic amines is 1. The number of hydrogen-bond donors (Lipinski definition) is 2. The maximum absolute atomic E-state index is 12.7. The fraction of sp³-hybridized carbons (Fsp3) is 0.421. The lowest BCUT2D eigenvalue weighted by Gasteiger charge is -2.25. The lowest BCUT2D eigenvalue weighted by molar-refractivity contribution is -0.124. The van der Waals surface area contributed by atoms with Gasteiger partial charge in [0.25, 0.3) is 5.56 Å². The van der Waals surface area contributed by atoms with Crippen LogP contribution in [0.15, 0.2) is 41.2 Å². The molecule has 5 heteroatoms. The molecule has 1 saturated carbocycles. The molecule has 1 aliphatic rings. The summed E-state index contributed by atoms with van der Waals surface area (Å²) in [5.74, 6) is 1.01. The Kier molecular flexibility index (Phi) is 4.03. The van der Waals surface area contributed by atoms with Gasteiger partial charge in [-0.3, -0.25) is 9.59 Å². The van der Waals surface area contributed by atoms with Crippen LogP contribution in [0, 0.1) is 18.8 Å². The summed E-state index contributed by atoms with van der Waals surface area (Å²) >= 11 is 0. The number of amides is 1. The summed E-state index contributed by atoms with van der Waals surface area (Å²) in [6.45, 7) is 7.58. The molecule has 3 rings (SSSR count). The van der Waals surface area contributed by atoms with Gasteiger partial charge in [0.1, 0.15) is 5.82 Å². The Labute approximate surface area is 141 Å². The van der Waals surface area contributed by atoms with Gasteiger partial charge in [-0.05, 0) is 38.2 Å². The van der Waals surface area contributed by atoms with Crippen LogP contribution in [0.1, 0.15) is 43.8 Å². The Bertz CT molecular complexity index is 811. The molecule has 0 aliphatic heterocycles. The minimum absolute atomic E-state index is 0.00510. The minimum Gasteiger partial charge on any atom is -0.344 e. The van der Waals surface area contributed by atoms with Crippen LogP contribution in [0.4, 0.5) is 0 Å². The molecule has 0 saturated heterocycles. The van der Waals surface area contributed by atoms with E-state index in [1.165, 1.54) is 11.6 Å². The van der Waals surface area contributed by atoms with Crippen molar-refractivity contribution in [2.75, 3.05) is 0 Å². The van der Waals surface area contributed by atoms with Gasteiger partial charge >= 0.3 is 0 Å². The molecule has 1 heterocycles. The van der Waals surface area contributed by atoms with Gasteiger partial charge in [0.2, 0.25) is 5.91 Å². The standard InChI is InChI=1S/C19H23N3O2/c1-11-10-14(23)21-18(20-11)19(3,4)22-17(24)16-12(2)15(16)13-8-6-5-7-9-13/h5-10,12,15-16H,1-4H3,(H,22,24)(H,20,21,23). The maximum atomic E-state index is 12.7. The fourth-order valence-corrected chi connectivity index (χ4v) is 3.38. The van der Waals surface area contributed by atoms with E-state index in [-0.39, 0.29) is 23.3 Å². The van der Waals surface area contributed by atoms with Crippen molar-refractivity contribution in [1.82, 2.24) is 15.3 Å². The molecule has 0 bridgehead atoms. The van der Waals surface area contributed by atoms with E-state index in [1.54, 1.807) is 6.92 Å². The number of nitrogens with zero attached hydrogens (tertiary/aromatic N) is 1. The highest BCUT2D eigenvalue weighted by Crippen LogP contribution is 2.53. The van der Waals surface area contributed by atoms with E-state index in [0.29, 0.717) is 17.4 Å². The van der Waals surface area contributed by atoms with Crippen molar-refractivity contribution >= 4 is 5.91 Å². The molecule has 3 atom stereocenters. The molecule has 126 valence electrons. The van der Waals surface area contributed by atoms with Crippen LogP contribution in [0.2, 0.25) is 0 Å². The summed E-state index contributed by atoms with van der Waals surface area (Å²) in [5, 5.41) is 3.05. The Morgan fingerprint density at radius 3 is 2.54 bits per heavy atom. The van der Waals surface area contributed by atoms with Crippen LogP contribution in [0.5, 0.6) is 0 Å². The quantitative estimate of drug-likeness (QED) is 0.907. The summed E-state index contributed by atoms with van der Waals surface area (Å²) in [7, 11) is 0. The first kappa shape index (κ1) is 16.4. The van der Waals surface area contributed by atoms with Crippen molar-refractivity contribution in [2.24, 2.45) is 11.8 Å². The van der Waals surface area contributed by atoms with E-state index in [2.05, 4.69) is 34.3 Å². The van der Waals surface area contributed by atoms with E-state index >= 15 is 0 Å². The van der Waals surface area contributed by atoms with Crippen molar-refractivity contribution in [3.8, 4) is 0 Å². The molecule has 1 amide bonds. The first-order valence-electron chi connectivity index (χ1n) is 8.25. The summed E-state index contributed by atoms with van der Waals surface area (Å²) in [5.41, 5.74) is 0.899. The number of H-pyrrole nitrogens is 1. The average Bonchev–Trinajstić information content (AvgIpc) is 3.18. The highest BCUT2D eigenvalue weighted by atomic mass is 16.2. The SMILES string of the molecule is Cc1cc(=O)[nH]c(C(C)(C)NC(=O)C2C(C)C2c2ccccc2)n1. The number of carbonyl (C=O) groups excluding carboxylic acids is 1. The van der Waals surface area contributed by atoms with Crippen molar-refractivity contribution in [3.05, 3.63) is 63.8 Å². The molecule has 1 aromatic heterocycles. The zero-order valence-corrected chi connectivity index (χ0v) is 14.5. The third kappa shape index (κ3) is 3.11. The molecular formula is C19H23N3O2. The fourth-order valence-electron chi connectivity index (χ4n) is 3.38. The van der Waals surface area contributed by atoms with Gasteiger partial charge in [-0.1, -0.05) is 37.3 Å². The van der Waals surface area contributed by atoms with E-state index in [0.717, 1.165) is 0 Å². The number of carbonyl (C=O) groups is 1. The smallest absolute Gasteiger partial charge is 0.251 e. The molecule has 1 aliphatic carbocycles. The number of aromatic nitrogens is 2.